The third kappa shape index (κ3) is 7.47. The second-order valence-corrected chi connectivity index (χ2v) is 7.87. The quantitative estimate of drug-likeness (QED) is 0.149. The van der Waals surface area contributed by atoms with Gasteiger partial charge in [0, 0.05) is 27.6 Å². The van der Waals surface area contributed by atoms with E-state index in [1.165, 1.54) is 11.9 Å². The number of aliphatic carboxylic acids is 1. The van der Waals surface area contributed by atoms with Gasteiger partial charge in [-0.25, -0.2) is 4.79 Å². The molecular formula is C23H23N5O4S. The molecule has 33 heavy (non-hydrogen) atoms. The van der Waals surface area contributed by atoms with Gasteiger partial charge >= 0.3 is 12.0 Å². The van der Waals surface area contributed by atoms with E-state index in [0.717, 1.165) is 10.6 Å². The van der Waals surface area contributed by atoms with Gasteiger partial charge in [0.25, 0.3) is 0 Å². The first kappa shape index (κ1) is 23.5. The fraction of sp³-hybridized carbons (Fsp3) is 0.0870. The number of carbonyl (C=O) groups excluding carboxylic acids is 2. The Kier molecular flexibility index (Phi) is 8.14. The summed E-state index contributed by atoms with van der Waals surface area (Å²) in [7, 11) is 0. The highest BCUT2D eigenvalue weighted by Gasteiger charge is 2.19. The third-order valence-corrected chi connectivity index (χ3v) is 5.32. The molecule has 0 aliphatic heterocycles. The van der Waals surface area contributed by atoms with Gasteiger partial charge in [-0.05, 0) is 72.1 Å². The summed E-state index contributed by atoms with van der Waals surface area (Å²) in [4.78, 5) is 35.3. The minimum atomic E-state index is -1.04. The molecule has 1 unspecified atom stereocenters. The molecule has 0 fully saturated rings. The van der Waals surface area contributed by atoms with Gasteiger partial charge < -0.3 is 31.5 Å². The summed E-state index contributed by atoms with van der Waals surface area (Å²) in [5.41, 5.74) is 8.78. The number of rotatable bonds is 10. The monoisotopic (exact) mass is 465 g/mol. The molecule has 3 amide bonds. The van der Waals surface area contributed by atoms with Crippen LogP contribution in [-0.4, -0.2) is 23.5 Å². The van der Waals surface area contributed by atoms with E-state index in [1.807, 2.05) is 24.3 Å². The zero-order valence-electron chi connectivity index (χ0n) is 17.4. The van der Waals surface area contributed by atoms with Crippen molar-refractivity contribution in [2.45, 2.75) is 17.4 Å². The number of nitrogen functional groups attached to an aromatic ring is 1. The molecule has 9 nitrogen and oxygen atoms in total. The van der Waals surface area contributed by atoms with Crippen LogP contribution in [0.15, 0.2) is 77.7 Å². The minimum Gasteiger partial charge on any atom is -0.481 e. The van der Waals surface area contributed by atoms with E-state index in [0.29, 0.717) is 29.0 Å². The Balaban J connectivity index is 1.68. The molecule has 0 aliphatic rings. The fourth-order valence-corrected chi connectivity index (χ4v) is 3.67. The SMILES string of the molecule is Nc1ccc(NC(=O)NC(CC(=O)O)c2cccc(NSc3cccc(NC=O)c3)c2)cc1. The van der Waals surface area contributed by atoms with E-state index in [2.05, 4.69) is 20.7 Å². The van der Waals surface area contributed by atoms with Crippen molar-refractivity contribution in [1.82, 2.24) is 5.32 Å². The van der Waals surface area contributed by atoms with Crippen LogP contribution >= 0.6 is 11.9 Å². The Bertz CT molecular complexity index is 1120. The van der Waals surface area contributed by atoms with Gasteiger partial charge in [-0.3, -0.25) is 9.59 Å². The van der Waals surface area contributed by atoms with E-state index < -0.39 is 18.0 Å². The maximum atomic E-state index is 12.4. The first-order valence-electron chi connectivity index (χ1n) is 9.91. The van der Waals surface area contributed by atoms with Crippen LogP contribution in [0.1, 0.15) is 18.0 Å². The van der Waals surface area contributed by atoms with E-state index in [-0.39, 0.29) is 6.42 Å². The number of amides is 3. The molecule has 3 aromatic rings. The second kappa shape index (κ2) is 11.4. The molecule has 0 heterocycles. The van der Waals surface area contributed by atoms with Gasteiger partial charge in [0.2, 0.25) is 6.41 Å². The number of anilines is 4. The summed E-state index contributed by atoms with van der Waals surface area (Å²) in [5.74, 6) is -1.04. The van der Waals surface area contributed by atoms with Crippen molar-refractivity contribution >= 4 is 53.1 Å². The number of nitrogens with one attached hydrogen (secondary N) is 4. The van der Waals surface area contributed by atoms with Crippen molar-refractivity contribution in [2.75, 3.05) is 21.1 Å². The number of hydrogen-bond donors (Lipinski definition) is 6. The molecule has 0 radical (unpaired) electrons. The predicted octanol–water partition coefficient (Wildman–Crippen LogP) is 4.29. The van der Waals surface area contributed by atoms with Crippen LogP contribution in [0, 0.1) is 0 Å². The van der Waals surface area contributed by atoms with Crippen molar-refractivity contribution in [3.63, 3.8) is 0 Å². The van der Waals surface area contributed by atoms with E-state index in [1.54, 1.807) is 48.5 Å². The molecule has 0 aliphatic carbocycles. The first-order valence-corrected chi connectivity index (χ1v) is 10.7. The molecule has 7 N–H and O–H groups in total. The molecule has 0 saturated carbocycles. The van der Waals surface area contributed by atoms with E-state index in [9.17, 15) is 19.5 Å². The van der Waals surface area contributed by atoms with Gasteiger partial charge in [0.1, 0.15) is 0 Å². The number of carbonyl (C=O) groups is 3. The van der Waals surface area contributed by atoms with Crippen LogP contribution in [0.25, 0.3) is 0 Å². The van der Waals surface area contributed by atoms with Crippen molar-refractivity contribution in [3.8, 4) is 0 Å². The Labute approximate surface area is 194 Å². The van der Waals surface area contributed by atoms with Gasteiger partial charge in [-0.15, -0.1) is 0 Å². The zero-order chi connectivity index (χ0) is 23.6. The number of hydrogen-bond acceptors (Lipinski definition) is 6. The highest BCUT2D eigenvalue weighted by molar-refractivity contribution is 8.00. The summed E-state index contributed by atoms with van der Waals surface area (Å²) in [6.45, 7) is 0. The van der Waals surface area contributed by atoms with Gasteiger partial charge in [0.05, 0.1) is 12.5 Å². The minimum absolute atomic E-state index is 0.287. The molecule has 0 aromatic heterocycles. The van der Waals surface area contributed by atoms with Crippen LogP contribution in [0.4, 0.5) is 27.5 Å². The van der Waals surface area contributed by atoms with Crippen molar-refractivity contribution in [1.29, 1.82) is 0 Å². The zero-order valence-corrected chi connectivity index (χ0v) is 18.3. The van der Waals surface area contributed by atoms with E-state index >= 15 is 0 Å². The molecule has 0 spiro atoms. The number of carboxylic acid groups (broad SMARTS) is 1. The smallest absolute Gasteiger partial charge is 0.319 e. The van der Waals surface area contributed by atoms with Crippen LogP contribution in [-0.2, 0) is 9.59 Å². The predicted molar refractivity (Wildman–Crippen MR) is 130 cm³/mol. The standard InChI is InChI=1S/C23H23N5O4S/c24-16-7-9-17(10-8-16)26-23(32)27-21(13-22(30)31)15-3-1-5-19(11-15)28-33-20-6-2-4-18(12-20)25-14-29/h1-12,14,21,28H,13,24H2,(H,25,29)(H,30,31)(H2,26,27,32). The van der Waals surface area contributed by atoms with Crippen molar-refractivity contribution in [3.05, 3.63) is 78.4 Å². The third-order valence-electron chi connectivity index (χ3n) is 4.49. The molecule has 0 bridgehead atoms. The van der Waals surface area contributed by atoms with Crippen LogP contribution in [0.5, 0.6) is 0 Å². The molecule has 10 heteroatoms. The lowest BCUT2D eigenvalue weighted by atomic mass is 10.0. The highest BCUT2D eigenvalue weighted by atomic mass is 32.2. The van der Waals surface area contributed by atoms with Gasteiger partial charge in [-0.1, -0.05) is 18.2 Å². The number of carboxylic acids is 1. The average Bonchev–Trinajstić information content (AvgIpc) is 2.79. The first-order chi connectivity index (χ1) is 15.9. The van der Waals surface area contributed by atoms with Crippen LogP contribution < -0.4 is 26.4 Å². The lowest BCUT2D eigenvalue weighted by Crippen LogP contribution is -2.33. The molecule has 0 saturated heterocycles. The number of urea groups is 1. The second-order valence-electron chi connectivity index (χ2n) is 6.99. The molecule has 170 valence electrons. The van der Waals surface area contributed by atoms with Crippen molar-refractivity contribution < 1.29 is 19.5 Å². The Hall–Kier alpha value is -4.18. The summed E-state index contributed by atoms with van der Waals surface area (Å²) >= 11 is 1.33. The normalized spacial score (nSPS) is 11.2. The summed E-state index contributed by atoms with van der Waals surface area (Å²) in [5, 5.41) is 17.3. The molecule has 3 rings (SSSR count). The van der Waals surface area contributed by atoms with Gasteiger partial charge in [0.15, 0.2) is 0 Å². The summed E-state index contributed by atoms with van der Waals surface area (Å²) < 4.78 is 3.19. The van der Waals surface area contributed by atoms with Crippen LogP contribution in [0.3, 0.4) is 0 Å². The number of nitrogens with two attached hydrogens (primary N) is 1. The largest absolute Gasteiger partial charge is 0.481 e. The van der Waals surface area contributed by atoms with Crippen LogP contribution in [0.2, 0.25) is 0 Å². The number of benzene rings is 3. The Morgan fingerprint density at radius 1 is 0.970 bits per heavy atom. The maximum Gasteiger partial charge on any atom is 0.319 e. The molecule has 1 atom stereocenters. The highest BCUT2D eigenvalue weighted by Crippen LogP contribution is 2.26. The lowest BCUT2D eigenvalue weighted by Gasteiger charge is -2.19. The molecule has 3 aromatic carbocycles. The average molecular weight is 466 g/mol. The Morgan fingerprint density at radius 3 is 2.42 bits per heavy atom. The molecular weight excluding hydrogens is 442 g/mol. The fourth-order valence-electron chi connectivity index (χ4n) is 2.97. The van der Waals surface area contributed by atoms with E-state index in [4.69, 9.17) is 5.73 Å². The summed E-state index contributed by atoms with van der Waals surface area (Å²) in [6.07, 6.45) is 0.324. The lowest BCUT2D eigenvalue weighted by molar-refractivity contribution is -0.137. The topological polar surface area (TPSA) is 146 Å². The van der Waals surface area contributed by atoms with Gasteiger partial charge in [-0.2, -0.15) is 0 Å². The summed E-state index contributed by atoms with van der Waals surface area (Å²) in [6, 6.07) is 19.8. The Morgan fingerprint density at radius 2 is 1.70 bits per heavy atom. The van der Waals surface area contributed by atoms with Crippen molar-refractivity contribution in [2.24, 2.45) is 0 Å². The maximum absolute atomic E-state index is 12.4.